The molecule has 1 atom stereocenters. The molecule has 92 valence electrons. The first-order chi connectivity index (χ1) is 7.95. The third-order valence-corrected chi connectivity index (χ3v) is 2.66. The van der Waals surface area contributed by atoms with Crippen LogP contribution >= 0.6 is 15.9 Å². The van der Waals surface area contributed by atoms with Crippen LogP contribution in [0.3, 0.4) is 0 Å². The van der Waals surface area contributed by atoms with E-state index in [1.807, 2.05) is 0 Å². The molecule has 1 unspecified atom stereocenters. The van der Waals surface area contributed by atoms with Crippen LogP contribution in [-0.2, 0) is 4.79 Å². The van der Waals surface area contributed by atoms with Crippen molar-refractivity contribution < 1.29 is 14.8 Å². The van der Waals surface area contributed by atoms with Crippen molar-refractivity contribution in [1.82, 2.24) is 4.98 Å². The Kier molecular flexibility index (Phi) is 4.38. The molecule has 0 amide bonds. The van der Waals surface area contributed by atoms with Gasteiger partial charge in [0.05, 0.1) is 9.40 Å². The Bertz CT molecular complexity index is 452. The molecule has 0 saturated heterocycles. The summed E-state index contributed by atoms with van der Waals surface area (Å²) in [5.74, 6) is -0.732. The maximum Gasteiger partial charge on any atom is 0.326 e. The van der Waals surface area contributed by atoms with Gasteiger partial charge in [-0.25, -0.2) is 9.78 Å². The summed E-state index contributed by atoms with van der Waals surface area (Å²) in [6, 6.07) is 0.490. The highest BCUT2D eigenvalue weighted by molar-refractivity contribution is 9.10. The minimum absolute atomic E-state index is 0.161. The summed E-state index contributed by atoms with van der Waals surface area (Å²) in [4.78, 5) is 24.5. The Morgan fingerprint density at radius 3 is 2.82 bits per heavy atom. The number of nitro groups is 1. The lowest BCUT2D eigenvalue weighted by molar-refractivity contribution is -0.385. The zero-order valence-electron chi connectivity index (χ0n) is 8.88. The summed E-state index contributed by atoms with van der Waals surface area (Å²) < 4.78 is 0.353. The Balaban J connectivity index is 2.93. The van der Waals surface area contributed by atoms with E-state index >= 15 is 0 Å². The van der Waals surface area contributed by atoms with E-state index in [1.54, 1.807) is 6.92 Å². The van der Waals surface area contributed by atoms with Gasteiger partial charge in [0.1, 0.15) is 18.1 Å². The Morgan fingerprint density at radius 1 is 1.76 bits per heavy atom. The van der Waals surface area contributed by atoms with E-state index in [9.17, 15) is 14.9 Å². The molecule has 2 N–H and O–H groups in total. The van der Waals surface area contributed by atoms with Crippen LogP contribution in [0.2, 0.25) is 0 Å². The predicted molar refractivity (Wildman–Crippen MR) is 63.9 cm³/mol. The van der Waals surface area contributed by atoms with Crippen LogP contribution in [0.4, 0.5) is 11.5 Å². The van der Waals surface area contributed by atoms with Crippen molar-refractivity contribution >= 4 is 33.4 Å². The number of halogens is 1. The molecule has 0 aliphatic carbocycles. The Labute approximate surface area is 105 Å². The van der Waals surface area contributed by atoms with E-state index in [0.717, 1.165) is 6.20 Å². The number of carboxylic acids is 1. The summed E-state index contributed by atoms with van der Waals surface area (Å²) >= 11 is 3.10. The Morgan fingerprint density at radius 2 is 2.41 bits per heavy atom. The molecule has 8 heteroatoms. The number of nitrogens with zero attached hydrogens (tertiary/aromatic N) is 2. The number of anilines is 1. The van der Waals surface area contributed by atoms with Crippen molar-refractivity contribution in [3.05, 3.63) is 26.9 Å². The molecule has 0 spiro atoms. The molecule has 7 nitrogen and oxygen atoms in total. The lowest BCUT2D eigenvalue weighted by atomic mass is 10.2. The third-order valence-electron chi connectivity index (χ3n) is 2.05. The van der Waals surface area contributed by atoms with Gasteiger partial charge in [-0.3, -0.25) is 10.1 Å². The van der Waals surface area contributed by atoms with Crippen molar-refractivity contribution in [3.63, 3.8) is 0 Å². The number of hydrogen-bond acceptors (Lipinski definition) is 5. The fourth-order valence-electron chi connectivity index (χ4n) is 1.14. The fourth-order valence-corrected chi connectivity index (χ4v) is 1.59. The number of hydrogen-bond donors (Lipinski definition) is 2. The number of aliphatic carboxylic acids is 1. The zero-order chi connectivity index (χ0) is 13.0. The van der Waals surface area contributed by atoms with Gasteiger partial charge in [-0.2, -0.15) is 0 Å². The summed E-state index contributed by atoms with van der Waals surface area (Å²) in [5.41, 5.74) is -0.161. The number of carboxylic acid groups (broad SMARTS) is 1. The normalized spacial score (nSPS) is 11.9. The first-order valence-electron chi connectivity index (χ1n) is 4.75. The first-order valence-corrected chi connectivity index (χ1v) is 5.54. The van der Waals surface area contributed by atoms with Gasteiger partial charge in [-0.15, -0.1) is 0 Å². The summed E-state index contributed by atoms with van der Waals surface area (Å²) in [7, 11) is 0. The summed E-state index contributed by atoms with van der Waals surface area (Å²) in [6.45, 7) is 1.71. The van der Waals surface area contributed by atoms with Crippen LogP contribution < -0.4 is 5.32 Å². The van der Waals surface area contributed by atoms with E-state index in [1.165, 1.54) is 6.07 Å². The zero-order valence-corrected chi connectivity index (χ0v) is 10.5. The molecule has 1 heterocycles. The fraction of sp³-hybridized carbons (Fsp3) is 0.333. The van der Waals surface area contributed by atoms with E-state index in [0.29, 0.717) is 10.9 Å². The standard InChI is InChI=1S/C9H10BrN3O4/c1-2-7(9(14)15)12-8-6(10)3-5(4-11-8)13(16)17/h3-4,7H,2H2,1H3,(H,11,12)(H,14,15). The average Bonchev–Trinajstić information content (AvgIpc) is 2.26. The van der Waals surface area contributed by atoms with Crippen LogP contribution in [0.25, 0.3) is 0 Å². The molecular formula is C9H10BrN3O4. The van der Waals surface area contributed by atoms with Gasteiger partial charge >= 0.3 is 5.97 Å². The first kappa shape index (κ1) is 13.4. The van der Waals surface area contributed by atoms with Crippen LogP contribution in [0.15, 0.2) is 16.7 Å². The van der Waals surface area contributed by atoms with Crippen LogP contribution in [0.1, 0.15) is 13.3 Å². The minimum atomic E-state index is -1.00. The molecule has 0 bridgehead atoms. The SMILES string of the molecule is CCC(Nc1ncc([N+](=O)[O-])cc1Br)C(=O)O. The number of carbonyl (C=O) groups is 1. The predicted octanol–water partition coefficient (Wildman–Crippen LogP) is 2.03. The third kappa shape index (κ3) is 3.38. The lowest BCUT2D eigenvalue weighted by Crippen LogP contribution is -2.28. The summed E-state index contributed by atoms with van der Waals surface area (Å²) in [6.07, 6.45) is 1.45. The summed E-state index contributed by atoms with van der Waals surface area (Å²) in [5, 5.41) is 22.0. The monoisotopic (exact) mass is 303 g/mol. The molecule has 0 fully saturated rings. The molecule has 1 aromatic heterocycles. The topological polar surface area (TPSA) is 105 Å². The van der Waals surface area contributed by atoms with E-state index in [2.05, 4.69) is 26.2 Å². The van der Waals surface area contributed by atoms with E-state index in [4.69, 9.17) is 5.11 Å². The van der Waals surface area contributed by atoms with Crippen LogP contribution in [0, 0.1) is 10.1 Å². The molecule has 0 aromatic carbocycles. The molecular weight excluding hydrogens is 294 g/mol. The van der Waals surface area contributed by atoms with Gasteiger partial charge in [0, 0.05) is 6.07 Å². The molecule has 0 aliphatic rings. The molecule has 0 saturated carbocycles. The number of pyridine rings is 1. The van der Waals surface area contributed by atoms with Gasteiger partial charge in [0.2, 0.25) is 0 Å². The van der Waals surface area contributed by atoms with Crippen molar-refractivity contribution in [3.8, 4) is 0 Å². The maximum absolute atomic E-state index is 10.8. The highest BCUT2D eigenvalue weighted by atomic mass is 79.9. The Hall–Kier alpha value is -1.70. The number of nitrogens with one attached hydrogen (secondary N) is 1. The molecule has 17 heavy (non-hydrogen) atoms. The molecule has 0 radical (unpaired) electrons. The molecule has 1 rings (SSSR count). The molecule has 0 aliphatic heterocycles. The maximum atomic E-state index is 10.8. The van der Waals surface area contributed by atoms with Crippen molar-refractivity contribution in [2.75, 3.05) is 5.32 Å². The van der Waals surface area contributed by atoms with Crippen LogP contribution in [-0.4, -0.2) is 27.0 Å². The lowest BCUT2D eigenvalue weighted by Gasteiger charge is -2.13. The second-order valence-electron chi connectivity index (χ2n) is 3.22. The van der Waals surface area contributed by atoms with Gasteiger partial charge in [-0.05, 0) is 22.4 Å². The van der Waals surface area contributed by atoms with Gasteiger partial charge in [-0.1, -0.05) is 6.92 Å². The minimum Gasteiger partial charge on any atom is -0.480 e. The van der Waals surface area contributed by atoms with Gasteiger partial charge in [0.15, 0.2) is 0 Å². The van der Waals surface area contributed by atoms with Crippen molar-refractivity contribution in [2.24, 2.45) is 0 Å². The largest absolute Gasteiger partial charge is 0.480 e. The van der Waals surface area contributed by atoms with Gasteiger partial charge < -0.3 is 10.4 Å². The highest BCUT2D eigenvalue weighted by Crippen LogP contribution is 2.25. The second kappa shape index (κ2) is 5.58. The van der Waals surface area contributed by atoms with E-state index < -0.39 is 16.9 Å². The van der Waals surface area contributed by atoms with Crippen molar-refractivity contribution in [2.45, 2.75) is 19.4 Å². The van der Waals surface area contributed by atoms with Gasteiger partial charge in [0.25, 0.3) is 5.69 Å². The van der Waals surface area contributed by atoms with E-state index in [-0.39, 0.29) is 11.5 Å². The quantitative estimate of drug-likeness (QED) is 0.637. The number of rotatable bonds is 5. The van der Waals surface area contributed by atoms with Crippen molar-refractivity contribution in [1.29, 1.82) is 0 Å². The molecule has 1 aromatic rings. The smallest absolute Gasteiger partial charge is 0.326 e. The average molecular weight is 304 g/mol. The highest BCUT2D eigenvalue weighted by Gasteiger charge is 2.18. The number of aromatic nitrogens is 1. The van der Waals surface area contributed by atoms with Crippen LogP contribution in [0.5, 0.6) is 0 Å². The second-order valence-corrected chi connectivity index (χ2v) is 4.08.